The van der Waals surface area contributed by atoms with Gasteiger partial charge in [-0.25, -0.2) is 4.39 Å². The van der Waals surface area contributed by atoms with Crippen LogP contribution in [0.15, 0.2) is 36.4 Å². The van der Waals surface area contributed by atoms with Crippen LogP contribution in [-0.2, 0) is 4.74 Å². The van der Waals surface area contributed by atoms with Gasteiger partial charge in [-0.1, -0.05) is 25.0 Å². The van der Waals surface area contributed by atoms with Crippen molar-refractivity contribution >= 4 is 0 Å². The third-order valence-electron chi connectivity index (χ3n) is 5.44. The molecular formula is C21H23FO3. The van der Waals surface area contributed by atoms with Crippen LogP contribution >= 0.6 is 0 Å². The monoisotopic (exact) mass is 342 g/mol. The largest absolute Gasteiger partial charge is 0.493 e. The zero-order valence-corrected chi connectivity index (χ0v) is 14.6. The highest BCUT2D eigenvalue weighted by Gasteiger charge is 2.38. The van der Waals surface area contributed by atoms with E-state index in [-0.39, 0.29) is 18.0 Å². The van der Waals surface area contributed by atoms with E-state index in [2.05, 4.69) is 6.07 Å². The third-order valence-corrected chi connectivity index (χ3v) is 5.44. The minimum atomic E-state index is -0.273. The molecule has 0 aromatic heterocycles. The molecule has 2 aliphatic rings. The first-order chi connectivity index (χ1) is 12.2. The summed E-state index contributed by atoms with van der Waals surface area (Å²) in [4.78, 5) is 0. The SMILES string of the molecule is COc1cc2c(cc1OC)[C@H]1CCCC[C@@H]1O[C@@H]2c1cccc(F)c1. The molecule has 0 radical (unpaired) electrons. The molecule has 1 heterocycles. The third kappa shape index (κ3) is 2.89. The van der Waals surface area contributed by atoms with E-state index < -0.39 is 0 Å². The predicted molar refractivity (Wildman–Crippen MR) is 93.9 cm³/mol. The van der Waals surface area contributed by atoms with Crippen LogP contribution in [0.4, 0.5) is 4.39 Å². The van der Waals surface area contributed by atoms with Crippen molar-refractivity contribution in [3.05, 3.63) is 58.9 Å². The Morgan fingerprint density at radius 1 is 0.960 bits per heavy atom. The molecule has 2 aromatic rings. The number of hydrogen-bond donors (Lipinski definition) is 0. The van der Waals surface area contributed by atoms with Gasteiger partial charge in [0.25, 0.3) is 0 Å². The first-order valence-corrected chi connectivity index (χ1v) is 8.88. The Morgan fingerprint density at radius 3 is 2.40 bits per heavy atom. The fourth-order valence-electron chi connectivity index (χ4n) is 4.25. The zero-order chi connectivity index (χ0) is 17.4. The average Bonchev–Trinajstić information content (AvgIpc) is 2.66. The minimum Gasteiger partial charge on any atom is -0.493 e. The van der Waals surface area contributed by atoms with Crippen molar-refractivity contribution in [3.8, 4) is 11.5 Å². The normalized spacial score (nSPS) is 25.0. The quantitative estimate of drug-likeness (QED) is 0.786. The van der Waals surface area contributed by atoms with Gasteiger partial charge in [-0.2, -0.15) is 0 Å². The maximum Gasteiger partial charge on any atom is 0.161 e. The fourth-order valence-corrected chi connectivity index (χ4v) is 4.25. The van der Waals surface area contributed by atoms with E-state index in [0.717, 1.165) is 29.7 Å². The highest BCUT2D eigenvalue weighted by atomic mass is 19.1. The Bertz CT molecular complexity index is 774. The smallest absolute Gasteiger partial charge is 0.161 e. The van der Waals surface area contributed by atoms with Gasteiger partial charge < -0.3 is 14.2 Å². The van der Waals surface area contributed by atoms with Crippen LogP contribution in [-0.4, -0.2) is 20.3 Å². The number of hydrogen-bond acceptors (Lipinski definition) is 3. The number of methoxy groups -OCH3 is 2. The van der Waals surface area contributed by atoms with Gasteiger partial charge >= 0.3 is 0 Å². The molecule has 3 nitrogen and oxygen atoms in total. The van der Waals surface area contributed by atoms with Gasteiger partial charge in [0.05, 0.1) is 20.3 Å². The maximum absolute atomic E-state index is 13.8. The van der Waals surface area contributed by atoms with Crippen LogP contribution in [0.1, 0.15) is 54.4 Å². The Kier molecular flexibility index (Phi) is 4.38. The lowest BCUT2D eigenvalue weighted by atomic mass is 9.76. The topological polar surface area (TPSA) is 27.7 Å². The van der Waals surface area contributed by atoms with E-state index >= 15 is 0 Å². The van der Waals surface area contributed by atoms with Gasteiger partial charge in [0.2, 0.25) is 0 Å². The summed E-state index contributed by atoms with van der Waals surface area (Å²) in [7, 11) is 3.29. The first-order valence-electron chi connectivity index (χ1n) is 8.88. The van der Waals surface area contributed by atoms with Gasteiger partial charge in [-0.3, -0.25) is 0 Å². The molecule has 0 saturated heterocycles. The van der Waals surface area contributed by atoms with Crippen molar-refractivity contribution in [3.63, 3.8) is 0 Å². The second-order valence-electron chi connectivity index (χ2n) is 6.84. The van der Waals surface area contributed by atoms with Crippen LogP contribution in [0.2, 0.25) is 0 Å². The average molecular weight is 342 g/mol. The standard InChI is InChI=1S/C21H23FO3/c1-23-19-11-16-15-8-3-4-9-18(15)25-21(17(16)12-20(19)24-2)13-6-5-7-14(22)10-13/h5-7,10-12,15,18,21H,3-4,8-9H2,1-2H3/t15-,18+,21-/m1/s1. The number of ether oxygens (including phenoxy) is 3. The van der Waals surface area contributed by atoms with E-state index in [1.54, 1.807) is 26.4 Å². The zero-order valence-electron chi connectivity index (χ0n) is 14.6. The van der Waals surface area contributed by atoms with Crippen molar-refractivity contribution in [2.45, 2.75) is 43.8 Å². The van der Waals surface area contributed by atoms with Gasteiger partial charge in [-0.05, 0) is 53.8 Å². The summed E-state index contributed by atoms with van der Waals surface area (Å²) in [6, 6.07) is 10.8. The number of rotatable bonds is 3. The molecular weight excluding hydrogens is 319 g/mol. The van der Waals surface area contributed by atoms with Gasteiger partial charge in [-0.15, -0.1) is 0 Å². The molecule has 0 spiro atoms. The highest BCUT2D eigenvalue weighted by molar-refractivity contribution is 5.52. The van der Waals surface area contributed by atoms with Crippen LogP contribution in [0.5, 0.6) is 11.5 Å². The maximum atomic E-state index is 13.8. The van der Waals surface area contributed by atoms with E-state index in [1.165, 1.54) is 24.5 Å². The summed E-state index contributed by atoms with van der Waals surface area (Å²) in [6.45, 7) is 0. The molecule has 1 fully saturated rings. The minimum absolute atomic E-state index is 0.174. The second-order valence-corrected chi connectivity index (χ2v) is 6.84. The van der Waals surface area contributed by atoms with Crippen molar-refractivity contribution in [2.24, 2.45) is 0 Å². The van der Waals surface area contributed by atoms with E-state index in [0.29, 0.717) is 11.7 Å². The Morgan fingerprint density at radius 2 is 1.68 bits per heavy atom. The summed E-state index contributed by atoms with van der Waals surface area (Å²) >= 11 is 0. The Labute approximate surface area is 147 Å². The molecule has 1 saturated carbocycles. The highest BCUT2D eigenvalue weighted by Crippen LogP contribution is 2.49. The summed E-state index contributed by atoms with van der Waals surface area (Å²) in [6.07, 6.45) is 4.45. The molecule has 2 aromatic carbocycles. The van der Waals surface area contributed by atoms with Crippen LogP contribution in [0, 0.1) is 5.82 Å². The van der Waals surface area contributed by atoms with Gasteiger partial charge in [0, 0.05) is 5.92 Å². The molecule has 3 atom stereocenters. The fraction of sp³-hybridized carbons (Fsp3) is 0.429. The van der Waals surface area contributed by atoms with Crippen molar-refractivity contribution in [1.29, 1.82) is 0 Å². The first kappa shape index (κ1) is 16.4. The molecule has 1 aliphatic carbocycles. The number of benzene rings is 2. The van der Waals surface area contributed by atoms with Crippen LogP contribution in [0.3, 0.4) is 0 Å². The second kappa shape index (κ2) is 6.68. The van der Waals surface area contributed by atoms with Crippen molar-refractivity contribution in [1.82, 2.24) is 0 Å². The van der Waals surface area contributed by atoms with E-state index in [9.17, 15) is 4.39 Å². The summed E-state index contributed by atoms with van der Waals surface area (Å²) in [5.41, 5.74) is 3.16. The lowest BCUT2D eigenvalue weighted by molar-refractivity contribution is -0.0392. The molecule has 1 aliphatic heterocycles. The Balaban J connectivity index is 1.87. The Hall–Kier alpha value is -2.07. The van der Waals surface area contributed by atoms with Crippen LogP contribution < -0.4 is 9.47 Å². The molecule has 0 bridgehead atoms. The van der Waals surface area contributed by atoms with Crippen molar-refractivity contribution < 1.29 is 18.6 Å². The lowest BCUT2D eigenvalue weighted by Gasteiger charge is -2.41. The van der Waals surface area contributed by atoms with E-state index in [4.69, 9.17) is 14.2 Å². The summed E-state index contributed by atoms with van der Waals surface area (Å²) < 4.78 is 31.3. The molecule has 132 valence electrons. The van der Waals surface area contributed by atoms with Crippen molar-refractivity contribution in [2.75, 3.05) is 14.2 Å². The van der Waals surface area contributed by atoms with E-state index in [1.807, 2.05) is 12.1 Å². The summed E-state index contributed by atoms with van der Waals surface area (Å²) in [5, 5.41) is 0. The molecule has 25 heavy (non-hydrogen) atoms. The predicted octanol–water partition coefficient (Wildman–Crippen LogP) is 4.99. The summed E-state index contributed by atoms with van der Waals surface area (Å²) in [5.74, 6) is 1.55. The van der Waals surface area contributed by atoms with Gasteiger partial charge in [0.1, 0.15) is 11.9 Å². The molecule has 0 unspecified atom stereocenters. The van der Waals surface area contributed by atoms with Gasteiger partial charge in [0.15, 0.2) is 11.5 Å². The lowest BCUT2D eigenvalue weighted by Crippen LogP contribution is -2.33. The molecule has 4 rings (SSSR count). The molecule has 0 N–H and O–H groups in total. The number of halogens is 1. The number of fused-ring (bicyclic) bond motifs is 3. The molecule has 4 heteroatoms. The molecule has 0 amide bonds. The van der Waals surface area contributed by atoms with Crippen LogP contribution in [0.25, 0.3) is 0 Å².